The van der Waals surface area contributed by atoms with Gasteiger partial charge in [-0.2, -0.15) is 0 Å². The van der Waals surface area contributed by atoms with Crippen LogP contribution in [0, 0.1) is 49.4 Å². The fourth-order valence-electron chi connectivity index (χ4n) is 2.55. The zero-order valence-electron chi connectivity index (χ0n) is 13.2. The molecule has 0 fully saturated rings. The third kappa shape index (κ3) is 3.81. The van der Waals surface area contributed by atoms with Crippen molar-refractivity contribution in [2.24, 2.45) is 0 Å². The first kappa shape index (κ1) is 22.6. The Hall–Kier alpha value is -1.42. The van der Waals surface area contributed by atoms with Crippen LogP contribution in [0.5, 0.6) is 5.75 Å². The van der Waals surface area contributed by atoms with E-state index in [9.17, 15) is 14.7 Å². The minimum absolute atomic E-state index is 0. The Morgan fingerprint density at radius 2 is 1.65 bits per heavy atom. The van der Waals surface area contributed by atoms with Crippen molar-refractivity contribution >= 4 is 38.2 Å². The number of rotatable bonds is 2. The molecule has 0 saturated heterocycles. The van der Waals surface area contributed by atoms with Crippen molar-refractivity contribution < 1.29 is 74.6 Å². The van der Waals surface area contributed by atoms with Crippen LogP contribution in [0.3, 0.4) is 0 Å². The van der Waals surface area contributed by atoms with Crippen molar-refractivity contribution in [1.29, 1.82) is 0 Å². The van der Waals surface area contributed by atoms with Crippen molar-refractivity contribution in [2.75, 3.05) is 0 Å². The molecule has 1 radical (unpaired) electrons. The summed E-state index contributed by atoms with van der Waals surface area (Å²) in [4.78, 5) is 25.2. The van der Waals surface area contributed by atoms with Gasteiger partial charge in [0.15, 0.2) is 5.56 Å². The van der Waals surface area contributed by atoms with E-state index in [2.05, 4.69) is 0 Å². The molecule has 0 bridgehead atoms. The maximum absolute atomic E-state index is 12.7. The van der Waals surface area contributed by atoms with Crippen molar-refractivity contribution in [3.8, 4) is 5.75 Å². The Bertz CT molecular complexity index is 1100. The van der Waals surface area contributed by atoms with E-state index in [1.807, 2.05) is 24.3 Å². The van der Waals surface area contributed by atoms with E-state index in [1.54, 1.807) is 30.3 Å². The molecule has 0 aliphatic rings. The van der Waals surface area contributed by atoms with Crippen LogP contribution in [0.25, 0.3) is 21.1 Å². The summed E-state index contributed by atoms with van der Waals surface area (Å²) in [5.74, 6) is -0.859. The van der Waals surface area contributed by atoms with Crippen molar-refractivity contribution in [2.45, 2.75) is 0 Å². The standard InChI is InChI=1S/C18H10O4S.Eu.2H2O/c19-16-11-6-2-3-7-12(11)22-18(21)15(16)17(20)14-9-10-5-1-4-8-13(10)23-14;;;/h1-9,19H;;2*1H2. The molecule has 0 amide bonds. The van der Waals surface area contributed by atoms with E-state index in [0.717, 1.165) is 10.1 Å². The largest absolute Gasteiger partial charge is 0.506 e. The van der Waals surface area contributed by atoms with Gasteiger partial charge in [-0.15, -0.1) is 11.3 Å². The van der Waals surface area contributed by atoms with E-state index >= 15 is 0 Å². The number of fused-ring (bicyclic) bond motifs is 2. The fourth-order valence-corrected chi connectivity index (χ4v) is 3.56. The number of carbonyl (C=O) groups is 1. The molecule has 0 aliphatic carbocycles. The number of ketones is 1. The van der Waals surface area contributed by atoms with Gasteiger partial charge in [0.2, 0.25) is 5.78 Å². The van der Waals surface area contributed by atoms with Crippen LogP contribution in [0.15, 0.2) is 63.8 Å². The molecule has 5 N–H and O–H groups in total. The van der Waals surface area contributed by atoms with E-state index < -0.39 is 11.4 Å². The molecular weight excluding hydrogens is 496 g/mol. The third-order valence-corrected chi connectivity index (χ3v) is 4.78. The van der Waals surface area contributed by atoms with Gasteiger partial charge in [-0.3, -0.25) is 4.79 Å². The van der Waals surface area contributed by atoms with Crippen molar-refractivity contribution in [3.63, 3.8) is 0 Å². The van der Waals surface area contributed by atoms with Gasteiger partial charge in [-0.05, 0) is 29.7 Å². The minimum atomic E-state index is -0.830. The smallest absolute Gasteiger partial charge is 0.351 e. The second-order valence-corrected chi connectivity index (χ2v) is 6.17. The van der Waals surface area contributed by atoms with Gasteiger partial charge in [0.25, 0.3) is 0 Å². The van der Waals surface area contributed by atoms with Gasteiger partial charge in [0, 0.05) is 54.1 Å². The topological polar surface area (TPSA) is 131 Å². The van der Waals surface area contributed by atoms with Crippen LogP contribution in [-0.4, -0.2) is 21.8 Å². The fraction of sp³-hybridized carbons (Fsp3) is 0. The second kappa shape index (κ2) is 8.99. The molecule has 8 heteroatoms. The summed E-state index contributed by atoms with van der Waals surface area (Å²) in [6.45, 7) is 0. The average molecular weight is 510 g/mol. The Balaban J connectivity index is 0.00000113. The molecule has 0 aliphatic heterocycles. The molecule has 4 aromatic rings. The molecular formula is C18H14EuO6S. The molecule has 0 saturated carbocycles. The molecule has 0 unspecified atom stereocenters. The molecule has 6 nitrogen and oxygen atoms in total. The van der Waals surface area contributed by atoms with Gasteiger partial charge < -0.3 is 20.5 Å². The summed E-state index contributed by atoms with van der Waals surface area (Å²) in [6.07, 6.45) is 0. The number of carbonyl (C=O) groups excluding carboxylic acids is 1. The maximum atomic E-state index is 12.7. The first-order chi connectivity index (χ1) is 11.1. The number of para-hydroxylation sites is 1. The normalized spacial score (nSPS) is 9.85. The van der Waals surface area contributed by atoms with Crippen LogP contribution in [0.4, 0.5) is 0 Å². The van der Waals surface area contributed by atoms with E-state index in [4.69, 9.17) is 4.42 Å². The quantitative estimate of drug-likeness (QED) is 0.328. The number of hydrogen-bond donors (Lipinski definition) is 1. The first-order valence-corrected chi connectivity index (χ1v) is 7.75. The van der Waals surface area contributed by atoms with Crippen molar-refractivity contribution in [3.05, 3.63) is 75.5 Å². The minimum Gasteiger partial charge on any atom is -0.506 e. The predicted molar refractivity (Wildman–Crippen MR) is 96.6 cm³/mol. The van der Waals surface area contributed by atoms with Crippen LogP contribution < -0.4 is 5.63 Å². The van der Waals surface area contributed by atoms with E-state index in [-0.39, 0.29) is 77.2 Å². The van der Waals surface area contributed by atoms with Gasteiger partial charge in [0.05, 0.1) is 10.3 Å². The number of hydrogen-bond acceptors (Lipinski definition) is 5. The van der Waals surface area contributed by atoms with E-state index in [1.165, 1.54) is 11.3 Å². The third-order valence-electron chi connectivity index (χ3n) is 3.66. The molecule has 2 aromatic heterocycles. The Kier molecular flexibility index (Phi) is 7.82. The molecule has 0 spiro atoms. The first-order valence-electron chi connectivity index (χ1n) is 6.93. The molecule has 135 valence electrons. The van der Waals surface area contributed by atoms with Gasteiger partial charge in [-0.1, -0.05) is 30.3 Å². The number of benzene rings is 2. The summed E-state index contributed by atoms with van der Waals surface area (Å²) in [7, 11) is 0. The summed E-state index contributed by atoms with van der Waals surface area (Å²) < 4.78 is 6.10. The Morgan fingerprint density at radius 1 is 1.00 bits per heavy atom. The average Bonchev–Trinajstić information content (AvgIpc) is 2.99. The molecule has 2 aromatic carbocycles. The molecule has 26 heavy (non-hydrogen) atoms. The SMILES string of the molecule is O.O.O=C(c1cc2ccccc2s1)c1c(O)c2ccccc2oc1=O.[Eu]. The predicted octanol–water partition coefficient (Wildman–Crippen LogP) is 2.29. The summed E-state index contributed by atoms with van der Waals surface area (Å²) in [5.41, 5.74) is -0.901. The van der Waals surface area contributed by atoms with E-state index in [0.29, 0.717) is 10.3 Å². The van der Waals surface area contributed by atoms with Gasteiger partial charge >= 0.3 is 5.63 Å². The van der Waals surface area contributed by atoms with Gasteiger partial charge in [-0.25, -0.2) is 4.79 Å². The van der Waals surface area contributed by atoms with Crippen LogP contribution in [0.2, 0.25) is 0 Å². The summed E-state index contributed by atoms with van der Waals surface area (Å²) in [5, 5.41) is 11.6. The molecule has 2 heterocycles. The molecule has 0 atom stereocenters. The van der Waals surface area contributed by atoms with Crippen LogP contribution >= 0.6 is 11.3 Å². The Morgan fingerprint density at radius 3 is 2.38 bits per heavy atom. The number of thiophene rings is 1. The van der Waals surface area contributed by atoms with Crippen LogP contribution in [0.1, 0.15) is 15.2 Å². The number of aromatic hydroxyl groups is 1. The zero-order valence-corrected chi connectivity index (χ0v) is 16.4. The Labute approximate surface area is 192 Å². The maximum Gasteiger partial charge on any atom is 0.351 e. The van der Waals surface area contributed by atoms with Crippen LogP contribution in [-0.2, 0) is 0 Å². The summed E-state index contributed by atoms with van der Waals surface area (Å²) in [6, 6.07) is 15.9. The second-order valence-electron chi connectivity index (χ2n) is 5.09. The molecule has 4 rings (SSSR count). The monoisotopic (exact) mass is 511 g/mol. The van der Waals surface area contributed by atoms with Crippen molar-refractivity contribution in [1.82, 2.24) is 0 Å². The zero-order chi connectivity index (χ0) is 16.0. The summed E-state index contributed by atoms with van der Waals surface area (Å²) >= 11 is 1.28. The van der Waals surface area contributed by atoms with Gasteiger partial charge in [0.1, 0.15) is 11.3 Å².